The Morgan fingerprint density at radius 1 is 0.854 bits per heavy atom. The molecule has 0 radical (unpaired) electrons. The Bertz CT molecular complexity index is 1240. The van der Waals surface area contributed by atoms with E-state index < -0.39 is 0 Å². The summed E-state index contributed by atoms with van der Waals surface area (Å²) in [6.45, 7) is 14.7. The van der Waals surface area contributed by atoms with Crippen molar-refractivity contribution in [2.45, 2.75) is 102 Å². The second-order valence-corrected chi connectivity index (χ2v) is 14.8. The predicted molar refractivity (Wildman–Crippen MR) is 191 cm³/mol. The molecule has 2 aliphatic rings. The molecule has 48 heavy (non-hydrogen) atoms. The molecule has 3 amide bonds. The first-order valence-corrected chi connectivity index (χ1v) is 18.5. The van der Waals surface area contributed by atoms with Crippen LogP contribution in [0.5, 0.6) is 0 Å². The Kier molecular flexibility index (Phi) is 17.8. The highest BCUT2D eigenvalue weighted by atomic mass is 32.2. The minimum Gasteiger partial charge on any atom is -0.379 e. The first-order chi connectivity index (χ1) is 23.0. The third-order valence-corrected chi connectivity index (χ3v) is 9.95. The number of nitrogens with one attached hydrogen (secondary N) is 3. The van der Waals surface area contributed by atoms with Crippen molar-refractivity contribution >= 4 is 29.5 Å². The van der Waals surface area contributed by atoms with Gasteiger partial charge in [0, 0.05) is 42.4 Å². The van der Waals surface area contributed by atoms with Crippen LogP contribution in [-0.4, -0.2) is 100 Å². The third kappa shape index (κ3) is 14.9. The Labute approximate surface area is 291 Å². The van der Waals surface area contributed by atoms with Crippen LogP contribution in [0.2, 0.25) is 0 Å². The number of ketones is 1. The largest absolute Gasteiger partial charge is 0.379 e. The topological polar surface area (TPSA) is 124 Å². The van der Waals surface area contributed by atoms with Gasteiger partial charge in [0.15, 0.2) is 0 Å². The van der Waals surface area contributed by atoms with Crippen LogP contribution in [0.1, 0.15) is 88.0 Å². The van der Waals surface area contributed by atoms with E-state index in [1.165, 1.54) is 11.1 Å². The molecule has 11 heteroatoms. The van der Waals surface area contributed by atoms with Gasteiger partial charge in [0.1, 0.15) is 5.78 Å². The molecule has 1 aromatic carbocycles. The summed E-state index contributed by atoms with van der Waals surface area (Å²) >= 11 is 1.92. The van der Waals surface area contributed by atoms with Gasteiger partial charge in [0.25, 0.3) is 0 Å². The zero-order chi connectivity index (χ0) is 34.8. The number of hydrogen-bond donors (Lipinski definition) is 3. The summed E-state index contributed by atoms with van der Waals surface area (Å²) in [5.74, 6) is 7.43. The molecule has 0 saturated carbocycles. The summed E-state index contributed by atoms with van der Waals surface area (Å²) < 4.78 is 22.1. The quantitative estimate of drug-likeness (QED) is 0.0919. The minimum absolute atomic E-state index is 0.0520. The number of hydrogen-bond acceptors (Lipinski definition) is 8. The van der Waals surface area contributed by atoms with Crippen LogP contribution in [0.15, 0.2) is 12.1 Å². The summed E-state index contributed by atoms with van der Waals surface area (Å²) in [7, 11) is 0. The number of ether oxygens (including phenoxy) is 4. The van der Waals surface area contributed by atoms with E-state index in [0.29, 0.717) is 77.5 Å². The molecule has 0 spiro atoms. The lowest BCUT2D eigenvalue weighted by Gasteiger charge is -2.22. The molecule has 2 heterocycles. The first-order valence-electron chi connectivity index (χ1n) is 17.4. The maximum Gasteiger partial charge on any atom is 0.315 e. The molecule has 1 aromatic rings. The number of fused-ring (bicyclic) bond motifs is 1. The zero-order valence-corrected chi connectivity index (χ0v) is 30.5. The number of thioether (sulfide) groups is 1. The molecule has 2 saturated heterocycles. The van der Waals surface area contributed by atoms with E-state index in [1.54, 1.807) is 0 Å². The average Bonchev–Trinajstić information content (AvgIpc) is 3.58. The summed E-state index contributed by atoms with van der Waals surface area (Å²) in [5.41, 5.74) is 4.75. The van der Waals surface area contributed by atoms with E-state index in [1.807, 2.05) is 11.8 Å². The number of carbonyl (C=O) groups is 3. The highest BCUT2D eigenvalue weighted by Gasteiger charge is 2.42. The molecule has 3 rings (SSSR count). The van der Waals surface area contributed by atoms with Gasteiger partial charge < -0.3 is 34.9 Å². The number of Topliss-reactive ketones (excluding diaryl/α,β-unsaturated/α-hetero) is 1. The molecule has 3 atom stereocenters. The van der Waals surface area contributed by atoms with Crippen molar-refractivity contribution < 1.29 is 33.3 Å². The number of rotatable bonds is 22. The monoisotopic (exact) mass is 687 g/mol. The second-order valence-electron chi connectivity index (χ2n) is 13.5. The Hall–Kier alpha value is -2.62. The minimum atomic E-state index is -0.0911. The molecular weight excluding hydrogens is 630 g/mol. The van der Waals surface area contributed by atoms with Crippen LogP contribution < -0.4 is 16.0 Å². The molecule has 0 aliphatic carbocycles. The molecule has 268 valence electrons. The van der Waals surface area contributed by atoms with E-state index in [0.717, 1.165) is 42.6 Å². The zero-order valence-electron chi connectivity index (χ0n) is 29.7. The van der Waals surface area contributed by atoms with E-state index >= 15 is 0 Å². The van der Waals surface area contributed by atoms with E-state index in [9.17, 15) is 14.4 Å². The number of amides is 3. The van der Waals surface area contributed by atoms with Gasteiger partial charge in [-0.2, -0.15) is 11.8 Å². The van der Waals surface area contributed by atoms with Crippen molar-refractivity contribution in [2.75, 3.05) is 65.2 Å². The van der Waals surface area contributed by atoms with Gasteiger partial charge in [-0.15, -0.1) is 0 Å². The fourth-order valence-electron chi connectivity index (χ4n) is 5.90. The molecular formula is C37H57N3O7S. The lowest BCUT2D eigenvalue weighted by Crippen LogP contribution is -2.36. The highest BCUT2D eigenvalue weighted by Crippen LogP contribution is 2.33. The smallest absolute Gasteiger partial charge is 0.315 e. The fraction of sp³-hybridized carbons (Fsp3) is 0.703. The molecule has 2 fully saturated rings. The Morgan fingerprint density at radius 3 is 2.19 bits per heavy atom. The Morgan fingerprint density at radius 2 is 1.50 bits per heavy atom. The maximum absolute atomic E-state index is 12.2. The van der Waals surface area contributed by atoms with Crippen LogP contribution in [0.4, 0.5) is 4.79 Å². The molecule has 0 aromatic heterocycles. The number of benzene rings is 1. The van der Waals surface area contributed by atoms with Crippen molar-refractivity contribution in [3.63, 3.8) is 0 Å². The average molecular weight is 688 g/mol. The molecule has 0 bridgehead atoms. The third-order valence-electron chi connectivity index (χ3n) is 8.44. The van der Waals surface area contributed by atoms with Gasteiger partial charge in [-0.1, -0.05) is 45.1 Å². The molecule has 3 N–H and O–H groups in total. The van der Waals surface area contributed by atoms with Crippen molar-refractivity contribution in [3.8, 4) is 11.8 Å². The lowest BCUT2D eigenvalue weighted by atomic mass is 9.82. The van der Waals surface area contributed by atoms with Crippen molar-refractivity contribution in [3.05, 3.63) is 34.4 Å². The first kappa shape index (κ1) is 39.8. The van der Waals surface area contributed by atoms with Gasteiger partial charge in [0.2, 0.25) is 5.91 Å². The number of urea groups is 1. The van der Waals surface area contributed by atoms with Gasteiger partial charge in [-0.3, -0.25) is 9.59 Å². The second kappa shape index (κ2) is 21.5. The molecule has 0 unspecified atom stereocenters. The molecule has 10 nitrogen and oxygen atoms in total. The predicted octanol–water partition coefficient (Wildman–Crippen LogP) is 4.60. The normalized spacial score (nSPS) is 18.5. The summed E-state index contributed by atoms with van der Waals surface area (Å²) in [6, 6.07) is 4.78. The Balaban J connectivity index is 1.05. The van der Waals surface area contributed by atoms with Crippen molar-refractivity contribution in [1.82, 2.24) is 16.0 Å². The fourth-order valence-corrected chi connectivity index (χ4v) is 7.44. The van der Waals surface area contributed by atoms with Gasteiger partial charge in [0.05, 0.1) is 64.9 Å². The van der Waals surface area contributed by atoms with E-state index in [-0.39, 0.29) is 41.6 Å². The standard InChI is InChI=1S/C37H57N3O7S/c1-27-24-28(2)31(37(3,4)5)25-29(27)10-8-15-38-34(42)14-17-45-19-21-47-23-22-46-20-18-44-16-9-12-30(41)11-6-7-13-33-35-32(26-48-33)39-36(43)40-35/h24-25,32-33,35H,6-7,9,11-23,26H2,1-5H3,(H,38,42)(H2,39,40,43)/t32-,33+,35-/m1/s1. The van der Waals surface area contributed by atoms with Gasteiger partial charge in [-0.25, -0.2) is 4.79 Å². The van der Waals surface area contributed by atoms with Crippen LogP contribution in [-0.2, 0) is 34.0 Å². The number of unbranched alkanes of at least 4 members (excludes halogenated alkanes) is 1. The lowest BCUT2D eigenvalue weighted by molar-refractivity contribution is -0.122. The van der Waals surface area contributed by atoms with Crippen LogP contribution in [0, 0.1) is 25.7 Å². The molecule has 2 aliphatic heterocycles. The summed E-state index contributed by atoms with van der Waals surface area (Å²) in [4.78, 5) is 35.7. The van der Waals surface area contributed by atoms with E-state index in [4.69, 9.17) is 18.9 Å². The van der Waals surface area contributed by atoms with Crippen LogP contribution in [0.3, 0.4) is 0 Å². The van der Waals surface area contributed by atoms with Crippen LogP contribution >= 0.6 is 11.8 Å². The highest BCUT2D eigenvalue weighted by molar-refractivity contribution is 8.00. The summed E-state index contributed by atoms with van der Waals surface area (Å²) in [5, 5.41) is 9.26. The SMILES string of the molecule is Cc1cc(C)c(C(C)(C)C)cc1C#CCNC(=O)CCOCCOCCOCCOCCCC(=O)CCCC[C@@H]1SC[C@H]2NC(=O)N[C@@H]12. The number of carbonyl (C=O) groups excluding carboxylic acids is 3. The van der Waals surface area contributed by atoms with Gasteiger partial charge >= 0.3 is 6.03 Å². The van der Waals surface area contributed by atoms with Crippen molar-refractivity contribution in [2.24, 2.45) is 0 Å². The number of aryl methyl sites for hydroxylation is 2. The van der Waals surface area contributed by atoms with Crippen LogP contribution in [0.25, 0.3) is 0 Å². The van der Waals surface area contributed by atoms with E-state index in [2.05, 4.69) is 74.5 Å². The van der Waals surface area contributed by atoms with Crippen molar-refractivity contribution in [1.29, 1.82) is 0 Å². The maximum atomic E-state index is 12.2. The summed E-state index contributed by atoms with van der Waals surface area (Å²) in [6.07, 6.45) is 5.11. The van der Waals surface area contributed by atoms with Gasteiger partial charge in [-0.05, 0) is 61.3 Å².